The Kier molecular flexibility index (Phi) is 5.35. The van der Waals surface area contributed by atoms with Gasteiger partial charge in [-0.3, -0.25) is 0 Å². The number of nitrogen functional groups attached to an aromatic ring is 1. The van der Waals surface area contributed by atoms with Crippen molar-refractivity contribution in [1.82, 2.24) is 15.3 Å². The molecule has 0 aliphatic rings. The molecule has 0 spiro atoms. The molecule has 1 rings (SSSR count). The summed E-state index contributed by atoms with van der Waals surface area (Å²) in [6.07, 6.45) is 3.34. The molecule has 0 saturated carbocycles. The minimum Gasteiger partial charge on any atom is -0.444 e. The van der Waals surface area contributed by atoms with Gasteiger partial charge in [-0.05, 0) is 27.2 Å². The standard InChI is InChI=1S/C12H21N5O2/c1-12(2,3)19-11(18)16-6-4-5-15-9-7-14-8-17-10(9)13/h7-8,15H,4-6H2,1-3H3,(H,16,18)(H2,13,14,17). The van der Waals surface area contributed by atoms with Gasteiger partial charge in [-0.1, -0.05) is 0 Å². The number of aromatic nitrogens is 2. The third kappa shape index (κ3) is 6.44. The smallest absolute Gasteiger partial charge is 0.407 e. The maximum Gasteiger partial charge on any atom is 0.407 e. The molecular weight excluding hydrogens is 246 g/mol. The maximum absolute atomic E-state index is 11.4. The molecule has 0 aliphatic carbocycles. The van der Waals surface area contributed by atoms with Crippen LogP contribution in [0.1, 0.15) is 27.2 Å². The van der Waals surface area contributed by atoms with E-state index in [-0.39, 0.29) is 0 Å². The highest BCUT2D eigenvalue weighted by molar-refractivity contribution is 5.67. The number of carbonyl (C=O) groups excluding carboxylic acids is 1. The van der Waals surface area contributed by atoms with Gasteiger partial charge in [-0.2, -0.15) is 0 Å². The van der Waals surface area contributed by atoms with E-state index in [0.29, 0.717) is 24.6 Å². The molecule has 7 nitrogen and oxygen atoms in total. The van der Waals surface area contributed by atoms with Gasteiger partial charge in [-0.25, -0.2) is 14.8 Å². The van der Waals surface area contributed by atoms with Crippen LogP contribution in [0.25, 0.3) is 0 Å². The fourth-order valence-electron chi connectivity index (χ4n) is 1.29. The van der Waals surface area contributed by atoms with E-state index in [9.17, 15) is 4.79 Å². The molecule has 0 aliphatic heterocycles. The van der Waals surface area contributed by atoms with Crippen molar-refractivity contribution in [1.29, 1.82) is 0 Å². The first-order valence-electron chi connectivity index (χ1n) is 6.15. The summed E-state index contributed by atoms with van der Waals surface area (Å²) in [6.45, 7) is 6.66. The number of hydrogen-bond donors (Lipinski definition) is 3. The predicted octanol–water partition coefficient (Wildman–Crippen LogP) is 1.39. The van der Waals surface area contributed by atoms with Crippen molar-refractivity contribution in [3.63, 3.8) is 0 Å². The third-order valence-electron chi connectivity index (χ3n) is 2.08. The molecule has 1 amide bonds. The van der Waals surface area contributed by atoms with Crippen LogP contribution >= 0.6 is 0 Å². The number of carbonyl (C=O) groups is 1. The van der Waals surface area contributed by atoms with Crippen molar-refractivity contribution >= 4 is 17.6 Å². The van der Waals surface area contributed by atoms with Gasteiger partial charge in [0.2, 0.25) is 0 Å². The first-order chi connectivity index (χ1) is 8.88. The van der Waals surface area contributed by atoms with E-state index < -0.39 is 11.7 Å². The van der Waals surface area contributed by atoms with Crippen LogP contribution < -0.4 is 16.4 Å². The van der Waals surface area contributed by atoms with Gasteiger partial charge in [0, 0.05) is 13.1 Å². The van der Waals surface area contributed by atoms with E-state index in [1.54, 1.807) is 6.20 Å². The highest BCUT2D eigenvalue weighted by Gasteiger charge is 2.15. The summed E-state index contributed by atoms with van der Waals surface area (Å²) in [4.78, 5) is 19.1. The van der Waals surface area contributed by atoms with E-state index in [1.165, 1.54) is 6.33 Å². The van der Waals surface area contributed by atoms with Crippen LogP contribution in [-0.4, -0.2) is 34.8 Å². The second kappa shape index (κ2) is 6.77. The lowest BCUT2D eigenvalue weighted by Gasteiger charge is -2.19. The highest BCUT2D eigenvalue weighted by atomic mass is 16.6. The normalized spacial score (nSPS) is 10.9. The Morgan fingerprint density at radius 3 is 2.79 bits per heavy atom. The topological polar surface area (TPSA) is 102 Å². The summed E-state index contributed by atoms with van der Waals surface area (Å²) in [6, 6.07) is 0. The van der Waals surface area contributed by atoms with Crippen molar-refractivity contribution in [3.05, 3.63) is 12.5 Å². The van der Waals surface area contributed by atoms with Gasteiger partial charge in [0.05, 0.1) is 11.9 Å². The summed E-state index contributed by atoms with van der Waals surface area (Å²) >= 11 is 0. The summed E-state index contributed by atoms with van der Waals surface area (Å²) in [5, 5.41) is 5.77. The summed E-state index contributed by atoms with van der Waals surface area (Å²) in [5.41, 5.74) is 5.87. The summed E-state index contributed by atoms with van der Waals surface area (Å²) in [7, 11) is 0. The minimum atomic E-state index is -0.474. The van der Waals surface area contributed by atoms with E-state index in [0.717, 1.165) is 6.42 Å². The van der Waals surface area contributed by atoms with Crippen molar-refractivity contribution in [2.75, 3.05) is 24.1 Å². The van der Waals surface area contributed by atoms with Crippen LogP contribution in [0.2, 0.25) is 0 Å². The van der Waals surface area contributed by atoms with Crippen LogP contribution in [0, 0.1) is 0 Å². The number of nitrogens with zero attached hydrogens (tertiary/aromatic N) is 2. The van der Waals surface area contributed by atoms with E-state index >= 15 is 0 Å². The minimum absolute atomic E-state index is 0.407. The van der Waals surface area contributed by atoms with Gasteiger partial charge >= 0.3 is 6.09 Å². The van der Waals surface area contributed by atoms with Crippen molar-refractivity contribution in [2.45, 2.75) is 32.8 Å². The third-order valence-corrected chi connectivity index (χ3v) is 2.08. The predicted molar refractivity (Wildman–Crippen MR) is 73.8 cm³/mol. The first kappa shape index (κ1) is 15.0. The number of hydrogen-bond acceptors (Lipinski definition) is 6. The monoisotopic (exact) mass is 267 g/mol. The lowest BCUT2D eigenvalue weighted by atomic mass is 10.2. The van der Waals surface area contributed by atoms with E-state index in [1.807, 2.05) is 20.8 Å². The van der Waals surface area contributed by atoms with E-state index in [2.05, 4.69) is 20.6 Å². The molecule has 0 aromatic carbocycles. The van der Waals surface area contributed by atoms with Gasteiger partial charge in [0.25, 0.3) is 0 Å². The fourth-order valence-corrected chi connectivity index (χ4v) is 1.29. The molecule has 19 heavy (non-hydrogen) atoms. The number of amides is 1. The van der Waals surface area contributed by atoms with Gasteiger partial charge in [-0.15, -0.1) is 0 Å². The quantitative estimate of drug-likeness (QED) is 0.697. The maximum atomic E-state index is 11.4. The lowest BCUT2D eigenvalue weighted by molar-refractivity contribution is 0.0528. The molecule has 106 valence electrons. The second-order valence-corrected chi connectivity index (χ2v) is 5.03. The van der Waals surface area contributed by atoms with Crippen LogP contribution in [-0.2, 0) is 4.74 Å². The Morgan fingerprint density at radius 1 is 1.42 bits per heavy atom. The molecule has 0 atom stereocenters. The Hall–Kier alpha value is -2.05. The molecule has 1 heterocycles. The molecule has 4 N–H and O–H groups in total. The number of rotatable bonds is 5. The number of alkyl carbamates (subject to hydrolysis) is 1. The van der Waals surface area contributed by atoms with Gasteiger partial charge in [0.1, 0.15) is 17.7 Å². The summed E-state index contributed by atoms with van der Waals surface area (Å²) < 4.78 is 5.11. The number of ether oxygens (including phenoxy) is 1. The number of anilines is 2. The SMILES string of the molecule is CC(C)(C)OC(=O)NCCCNc1cncnc1N. The zero-order valence-corrected chi connectivity index (χ0v) is 11.6. The Bertz CT molecular complexity index is 417. The molecule has 1 aromatic rings. The number of nitrogens with two attached hydrogens (primary N) is 1. The molecule has 0 saturated heterocycles. The van der Waals surface area contributed by atoms with Crippen LogP contribution in [0.15, 0.2) is 12.5 Å². The molecular formula is C12H21N5O2. The van der Waals surface area contributed by atoms with Crippen LogP contribution in [0.4, 0.5) is 16.3 Å². The Labute approximate surface area is 113 Å². The molecule has 1 aromatic heterocycles. The number of nitrogens with one attached hydrogen (secondary N) is 2. The average molecular weight is 267 g/mol. The first-order valence-corrected chi connectivity index (χ1v) is 6.15. The van der Waals surface area contributed by atoms with Gasteiger partial charge in [0.15, 0.2) is 0 Å². The second-order valence-electron chi connectivity index (χ2n) is 5.03. The van der Waals surface area contributed by atoms with Gasteiger partial charge < -0.3 is 21.1 Å². The molecule has 0 fully saturated rings. The molecule has 0 unspecified atom stereocenters. The van der Waals surface area contributed by atoms with Crippen molar-refractivity contribution in [2.24, 2.45) is 0 Å². The lowest BCUT2D eigenvalue weighted by Crippen LogP contribution is -2.33. The zero-order valence-electron chi connectivity index (χ0n) is 11.6. The Morgan fingerprint density at radius 2 is 2.16 bits per heavy atom. The molecule has 7 heteroatoms. The van der Waals surface area contributed by atoms with Crippen LogP contribution in [0.5, 0.6) is 0 Å². The zero-order chi connectivity index (χ0) is 14.3. The van der Waals surface area contributed by atoms with Crippen molar-refractivity contribution < 1.29 is 9.53 Å². The molecule has 0 bridgehead atoms. The van der Waals surface area contributed by atoms with Crippen LogP contribution in [0.3, 0.4) is 0 Å². The largest absolute Gasteiger partial charge is 0.444 e. The highest BCUT2D eigenvalue weighted by Crippen LogP contribution is 2.11. The summed E-state index contributed by atoms with van der Waals surface area (Å²) in [5.74, 6) is 0.412. The average Bonchev–Trinajstić information content (AvgIpc) is 2.28. The Balaban J connectivity index is 2.15. The fraction of sp³-hybridized carbons (Fsp3) is 0.583. The van der Waals surface area contributed by atoms with E-state index in [4.69, 9.17) is 10.5 Å². The van der Waals surface area contributed by atoms with Crippen molar-refractivity contribution in [3.8, 4) is 0 Å². The molecule has 0 radical (unpaired) electrons.